The van der Waals surface area contributed by atoms with Crippen molar-refractivity contribution in [3.05, 3.63) is 136 Å². The van der Waals surface area contributed by atoms with Crippen molar-refractivity contribution in [2.45, 2.75) is 61.9 Å². The number of ether oxygens (including phenoxy) is 2. The number of halogens is 1. The van der Waals surface area contributed by atoms with E-state index in [0.29, 0.717) is 24.4 Å². The van der Waals surface area contributed by atoms with Gasteiger partial charge in [0.25, 0.3) is 0 Å². The van der Waals surface area contributed by atoms with Gasteiger partial charge in [-0.15, -0.1) is 0 Å². The van der Waals surface area contributed by atoms with Crippen LogP contribution in [0.15, 0.2) is 108 Å². The molecule has 8 nitrogen and oxygen atoms in total. The molecule has 248 valence electrons. The Hall–Kier alpha value is -3.12. The first kappa shape index (κ1) is 33.8. The maximum atomic E-state index is 12.7. The molecule has 0 amide bonds. The molecule has 0 saturated carbocycles. The fourth-order valence-corrected chi connectivity index (χ4v) is 7.56. The number of aliphatic hydroxyl groups is 2. The van der Waals surface area contributed by atoms with Crippen molar-refractivity contribution >= 4 is 21.6 Å². The Kier molecular flexibility index (Phi) is 10.5. The van der Waals surface area contributed by atoms with Gasteiger partial charge in [0.05, 0.1) is 29.3 Å². The van der Waals surface area contributed by atoms with Crippen molar-refractivity contribution in [2.75, 3.05) is 19.6 Å². The van der Waals surface area contributed by atoms with E-state index in [2.05, 4.69) is 16.5 Å². The number of hydrogen-bond donors (Lipinski definition) is 3. The molecule has 2 heterocycles. The molecular weight excluding hydrogens is 636 g/mol. The second-order valence-corrected chi connectivity index (χ2v) is 14.7. The van der Waals surface area contributed by atoms with Crippen molar-refractivity contribution in [1.29, 1.82) is 0 Å². The highest BCUT2D eigenvalue weighted by molar-refractivity contribution is 7.89. The Bertz CT molecular complexity index is 1710. The van der Waals surface area contributed by atoms with E-state index in [0.717, 1.165) is 40.9 Å². The molecule has 0 spiro atoms. The highest BCUT2D eigenvalue weighted by Crippen LogP contribution is 2.42. The molecule has 0 bridgehead atoms. The molecule has 2 fully saturated rings. The average molecular weight is 677 g/mol. The molecule has 4 aromatic rings. The maximum Gasteiger partial charge on any atom is 0.240 e. The number of nitrogens with one attached hydrogen (secondary N) is 1. The van der Waals surface area contributed by atoms with E-state index in [9.17, 15) is 18.6 Å². The third-order valence-electron chi connectivity index (χ3n) is 9.40. The largest absolute Gasteiger partial charge is 0.392 e. The molecule has 47 heavy (non-hydrogen) atoms. The monoisotopic (exact) mass is 676 g/mol. The van der Waals surface area contributed by atoms with Gasteiger partial charge in [-0.3, -0.25) is 0 Å². The van der Waals surface area contributed by atoms with E-state index in [1.54, 1.807) is 30.3 Å². The number of likely N-dealkylation sites (tertiary alicyclic amines) is 1. The van der Waals surface area contributed by atoms with E-state index >= 15 is 0 Å². The number of hydrogen-bond acceptors (Lipinski definition) is 7. The van der Waals surface area contributed by atoms with Crippen molar-refractivity contribution in [3.8, 4) is 0 Å². The topological polar surface area (TPSA) is 108 Å². The first-order valence-corrected chi connectivity index (χ1v) is 17.8. The summed E-state index contributed by atoms with van der Waals surface area (Å²) in [5.74, 6) is 0.0231. The molecule has 3 N–H and O–H groups in total. The van der Waals surface area contributed by atoms with Crippen molar-refractivity contribution in [3.63, 3.8) is 0 Å². The number of benzene rings is 4. The third kappa shape index (κ3) is 7.96. The third-order valence-corrected chi connectivity index (χ3v) is 11.1. The standard InChI is InChI=1S/C37H41ClN2O6S/c1-26-34(24-40-21-19-37(42,20-22-40)31-15-17-32(38)18-16-31)45-36(46-35(26)29-11-9-28(25-41)10-12-29)30-13-7-27(8-14-30)23-39-47(43,44)33-5-3-2-4-6-33/h2-18,26,34-36,39,41-42H,19-25H2,1H3/t26-,34+,35+,36?/m0/s1. The summed E-state index contributed by atoms with van der Waals surface area (Å²) in [4.78, 5) is 2.57. The Morgan fingerprint density at radius 3 is 2.11 bits per heavy atom. The van der Waals surface area contributed by atoms with Gasteiger partial charge < -0.3 is 24.6 Å². The zero-order chi connectivity index (χ0) is 33.0. The van der Waals surface area contributed by atoms with Crippen LogP contribution in [0.2, 0.25) is 5.02 Å². The summed E-state index contributed by atoms with van der Waals surface area (Å²) in [6.07, 6.45) is 0.175. The summed E-state index contributed by atoms with van der Waals surface area (Å²) in [6, 6.07) is 31.2. The molecule has 10 heteroatoms. The Morgan fingerprint density at radius 1 is 0.851 bits per heavy atom. The molecule has 2 aliphatic rings. The smallest absolute Gasteiger partial charge is 0.240 e. The number of nitrogens with zero attached hydrogens (tertiary/aromatic N) is 1. The van der Waals surface area contributed by atoms with Crippen molar-refractivity contribution < 1.29 is 28.1 Å². The predicted octanol–water partition coefficient (Wildman–Crippen LogP) is 6.09. The fraction of sp³-hybridized carbons (Fsp3) is 0.351. The molecule has 6 rings (SSSR count). The van der Waals surface area contributed by atoms with Crippen LogP contribution in [0.3, 0.4) is 0 Å². The fourth-order valence-electron chi connectivity index (χ4n) is 6.39. The number of sulfonamides is 1. The summed E-state index contributed by atoms with van der Waals surface area (Å²) < 4.78 is 41.3. The van der Waals surface area contributed by atoms with Gasteiger partial charge in [-0.25, -0.2) is 13.1 Å². The van der Waals surface area contributed by atoms with Gasteiger partial charge in [0, 0.05) is 42.7 Å². The zero-order valence-corrected chi connectivity index (χ0v) is 27.9. The molecule has 0 radical (unpaired) electrons. The SMILES string of the molecule is C[C@H]1[C@@H](CN2CCC(O)(c3ccc(Cl)cc3)CC2)OC(c2ccc(CNS(=O)(=O)c3ccccc3)cc2)O[C@H]1c1ccc(CO)cc1. The summed E-state index contributed by atoms with van der Waals surface area (Å²) in [7, 11) is -3.63. The lowest BCUT2D eigenvalue weighted by Gasteiger charge is -2.45. The lowest BCUT2D eigenvalue weighted by Crippen LogP contribution is -2.49. The molecule has 4 atom stereocenters. The molecule has 1 unspecified atom stereocenters. The van der Waals surface area contributed by atoms with Crippen LogP contribution >= 0.6 is 11.6 Å². The molecule has 2 saturated heterocycles. The number of piperidine rings is 1. The normalized spacial score (nSPS) is 23.4. The van der Waals surface area contributed by atoms with Crippen LogP contribution in [0.1, 0.15) is 60.0 Å². The van der Waals surface area contributed by atoms with Gasteiger partial charge in [0.1, 0.15) is 0 Å². The van der Waals surface area contributed by atoms with Crippen LogP contribution < -0.4 is 4.72 Å². The summed E-state index contributed by atoms with van der Waals surface area (Å²) in [6.45, 7) is 4.40. The van der Waals surface area contributed by atoms with E-state index in [1.807, 2.05) is 72.8 Å². The van der Waals surface area contributed by atoms with Crippen LogP contribution in [0, 0.1) is 5.92 Å². The van der Waals surface area contributed by atoms with Gasteiger partial charge in [0.15, 0.2) is 6.29 Å². The van der Waals surface area contributed by atoms with Crippen LogP contribution in [0.25, 0.3) is 0 Å². The Balaban J connectivity index is 1.16. The molecule has 4 aromatic carbocycles. The predicted molar refractivity (Wildman–Crippen MR) is 181 cm³/mol. The Labute approximate surface area is 282 Å². The minimum absolute atomic E-state index is 0.0231. The first-order chi connectivity index (χ1) is 22.6. The highest BCUT2D eigenvalue weighted by Gasteiger charge is 2.41. The second-order valence-electron chi connectivity index (χ2n) is 12.5. The van der Waals surface area contributed by atoms with Crippen molar-refractivity contribution in [1.82, 2.24) is 9.62 Å². The summed E-state index contributed by atoms with van der Waals surface area (Å²) in [5, 5.41) is 21.6. The molecular formula is C37H41ClN2O6S. The van der Waals surface area contributed by atoms with Crippen LogP contribution in [0.4, 0.5) is 0 Å². The number of rotatable bonds is 10. The van der Waals surface area contributed by atoms with E-state index in [4.69, 9.17) is 21.1 Å². The highest BCUT2D eigenvalue weighted by atomic mass is 35.5. The molecule has 2 aliphatic heterocycles. The zero-order valence-electron chi connectivity index (χ0n) is 26.3. The van der Waals surface area contributed by atoms with Crippen LogP contribution in [-0.2, 0) is 38.2 Å². The van der Waals surface area contributed by atoms with Gasteiger partial charge in [0.2, 0.25) is 10.0 Å². The van der Waals surface area contributed by atoms with Crippen LogP contribution in [0.5, 0.6) is 0 Å². The van der Waals surface area contributed by atoms with Gasteiger partial charge in [-0.05, 0) is 59.4 Å². The van der Waals surface area contributed by atoms with E-state index in [1.165, 1.54) is 0 Å². The average Bonchev–Trinajstić information content (AvgIpc) is 3.10. The summed E-state index contributed by atoms with van der Waals surface area (Å²) in [5.41, 5.74) is 3.49. The Morgan fingerprint density at radius 2 is 1.47 bits per heavy atom. The summed E-state index contributed by atoms with van der Waals surface area (Å²) >= 11 is 6.08. The molecule has 0 aliphatic carbocycles. The van der Waals surface area contributed by atoms with Crippen LogP contribution in [-0.4, -0.2) is 49.3 Å². The lowest BCUT2D eigenvalue weighted by molar-refractivity contribution is -0.277. The lowest BCUT2D eigenvalue weighted by atomic mass is 9.84. The van der Waals surface area contributed by atoms with E-state index in [-0.39, 0.29) is 36.2 Å². The first-order valence-electron chi connectivity index (χ1n) is 16.0. The number of aliphatic hydroxyl groups excluding tert-OH is 1. The van der Waals surface area contributed by atoms with Gasteiger partial charge in [-0.1, -0.05) is 97.4 Å². The van der Waals surface area contributed by atoms with Gasteiger partial charge >= 0.3 is 0 Å². The van der Waals surface area contributed by atoms with Crippen molar-refractivity contribution in [2.24, 2.45) is 5.92 Å². The minimum Gasteiger partial charge on any atom is -0.392 e. The molecule has 0 aromatic heterocycles. The van der Waals surface area contributed by atoms with E-state index < -0.39 is 21.9 Å². The second kappa shape index (κ2) is 14.6. The minimum atomic E-state index is -3.63. The van der Waals surface area contributed by atoms with Gasteiger partial charge in [-0.2, -0.15) is 0 Å². The maximum absolute atomic E-state index is 12.7. The quantitative estimate of drug-likeness (QED) is 0.187.